The minimum absolute atomic E-state index is 0.0405. The van der Waals surface area contributed by atoms with Gasteiger partial charge in [-0.25, -0.2) is 9.59 Å². The van der Waals surface area contributed by atoms with Gasteiger partial charge in [0.15, 0.2) is 0 Å². The van der Waals surface area contributed by atoms with Crippen LogP contribution in [0.15, 0.2) is 78.9 Å². The molecule has 2 N–H and O–H groups in total. The molecule has 4 rings (SSSR count). The molecule has 0 fully saturated rings. The Morgan fingerprint density at radius 1 is 1.00 bits per heavy atom. The van der Waals surface area contributed by atoms with Crippen LogP contribution in [0.1, 0.15) is 11.1 Å². The second-order valence-electron chi connectivity index (χ2n) is 7.46. The van der Waals surface area contributed by atoms with Gasteiger partial charge >= 0.3 is 12.1 Å². The van der Waals surface area contributed by atoms with E-state index in [0.717, 1.165) is 28.0 Å². The van der Waals surface area contributed by atoms with Crippen LogP contribution in [0.5, 0.6) is 5.75 Å². The summed E-state index contributed by atoms with van der Waals surface area (Å²) in [4.78, 5) is 23.7. The minimum atomic E-state index is -1.11. The Kier molecular flexibility index (Phi) is 6.17. The van der Waals surface area contributed by atoms with Gasteiger partial charge in [-0.15, -0.1) is 0 Å². The predicted octanol–water partition coefficient (Wildman–Crippen LogP) is 4.08. The fraction of sp³-hybridized carbons (Fsp3) is 0.200. The number of benzene rings is 3. The van der Waals surface area contributed by atoms with E-state index >= 15 is 0 Å². The molecule has 0 aromatic heterocycles. The number of hydrogen-bond donors (Lipinski definition) is 2. The first-order valence-corrected chi connectivity index (χ1v) is 10.1. The van der Waals surface area contributed by atoms with Crippen LogP contribution < -0.4 is 10.1 Å². The van der Waals surface area contributed by atoms with E-state index in [1.807, 2.05) is 60.7 Å². The number of carbonyl (C=O) groups excluding carboxylic acids is 1. The summed E-state index contributed by atoms with van der Waals surface area (Å²) in [5.41, 5.74) is 4.11. The van der Waals surface area contributed by atoms with Crippen LogP contribution in [0.3, 0.4) is 0 Å². The number of alkyl carbamates (subject to hydrolysis) is 1. The van der Waals surface area contributed by atoms with Crippen LogP contribution in [0.25, 0.3) is 11.1 Å². The highest BCUT2D eigenvalue weighted by Crippen LogP contribution is 2.33. The van der Waals surface area contributed by atoms with Gasteiger partial charge in [0.2, 0.25) is 0 Å². The highest BCUT2D eigenvalue weighted by molar-refractivity contribution is 5.80. The van der Waals surface area contributed by atoms with Gasteiger partial charge in [-0.3, -0.25) is 0 Å². The van der Waals surface area contributed by atoms with Crippen molar-refractivity contribution >= 4 is 12.1 Å². The van der Waals surface area contributed by atoms with Crippen LogP contribution >= 0.6 is 0 Å². The Hall–Kier alpha value is -3.80. The number of carboxylic acids is 1. The first-order chi connectivity index (χ1) is 15.1. The SMILES string of the molecule is O=C(N[C@H](Cc1ccccc1)C(=O)O)OC[C@H]1Cc2cc(-c3ccccc3)ccc2O1. The molecule has 3 aromatic carbocycles. The number of aliphatic carboxylic acids is 1. The van der Waals surface area contributed by atoms with Gasteiger partial charge in [0.05, 0.1) is 0 Å². The maximum atomic E-state index is 12.2. The van der Waals surface area contributed by atoms with Gasteiger partial charge in [0.25, 0.3) is 0 Å². The lowest BCUT2D eigenvalue weighted by Gasteiger charge is -2.16. The zero-order valence-electron chi connectivity index (χ0n) is 16.9. The number of ether oxygens (including phenoxy) is 2. The van der Waals surface area contributed by atoms with Crippen molar-refractivity contribution in [1.29, 1.82) is 0 Å². The fourth-order valence-electron chi connectivity index (χ4n) is 3.63. The van der Waals surface area contributed by atoms with Gasteiger partial charge in [0.1, 0.15) is 24.5 Å². The fourth-order valence-corrected chi connectivity index (χ4v) is 3.63. The molecule has 1 amide bonds. The summed E-state index contributed by atoms with van der Waals surface area (Å²) in [6.07, 6.45) is -0.272. The Labute approximate surface area is 180 Å². The summed E-state index contributed by atoms with van der Waals surface area (Å²) >= 11 is 0. The Bertz CT molecular complexity index is 1050. The number of rotatable bonds is 7. The van der Waals surface area contributed by atoms with Crippen molar-refractivity contribution in [2.75, 3.05) is 6.61 Å². The predicted molar refractivity (Wildman–Crippen MR) is 116 cm³/mol. The molecule has 158 valence electrons. The van der Waals surface area contributed by atoms with Gasteiger partial charge in [-0.1, -0.05) is 66.7 Å². The average molecular weight is 417 g/mol. The van der Waals surface area contributed by atoms with Crippen molar-refractivity contribution in [1.82, 2.24) is 5.32 Å². The molecular weight excluding hydrogens is 394 g/mol. The summed E-state index contributed by atoms with van der Waals surface area (Å²) in [5, 5.41) is 11.8. The molecule has 0 bridgehead atoms. The highest BCUT2D eigenvalue weighted by Gasteiger charge is 2.26. The topological polar surface area (TPSA) is 84.9 Å². The monoisotopic (exact) mass is 417 g/mol. The molecule has 0 saturated heterocycles. The van der Waals surface area contributed by atoms with Crippen LogP contribution in [-0.2, 0) is 22.4 Å². The van der Waals surface area contributed by atoms with E-state index in [0.29, 0.717) is 6.42 Å². The highest BCUT2D eigenvalue weighted by atomic mass is 16.6. The Morgan fingerprint density at radius 3 is 2.42 bits per heavy atom. The summed E-state index contributed by atoms with van der Waals surface area (Å²) in [6.45, 7) is 0.0405. The Balaban J connectivity index is 1.30. The molecule has 0 aliphatic carbocycles. The molecule has 1 heterocycles. The number of carboxylic acid groups (broad SMARTS) is 1. The van der Waals surface area contributed by atoms with Crippen LogP contribution in [0.4, 0.5) is 4.79 Å². The minimum Gasteiger partial charge on any atom is -0.486 e. The standard InChI is InChI=1S/C25H23NO5/c27-24(28)22(13-17-7-3-1-4-8-17)26-25(29)30-16-21-15-20-14-19(11-12-23(20)31-21)18-9-5-2-6-10-18/h1-12,14,21-22H,13,15-16H2,(H,26,29)(H,27,28)/t21-,22-/m1/s1. The molecular formula is C25H23NO5. The quantitative estimate of drug-likeness (QED) is 0.605. The maximum Gasteiger partial charge on any atom is 0.407 e. The normalized spacial score (nSPS) is 15.4. The molecule has 0 spiro atoms. The number of nitrogens with one attached hydrogen (secondary N) is 1. The number of fused-ring (bicyclic) bond motifs is 1. The van der Waals surface area contributed by atoms with Crippen LogP contribution in [0, 0.1) is 0 Å². The molecule has 0 unspecified atom stereocenters. The first kappa shape index (κ1) is 20.5. The van der Waals surface area contributed by atoms with E-state index in [2.05, 4.69) is 23.5 Å². The van der Waals surface area contributed by atoms with Crippen molar-refractivity contribution in [3.8, 4) is 16.9 Å². The van der Waals surface area contributed by atoms with Gasteiger partial charge < -0.3 is 19.9 Å². The number of hydrogen-bond acceptors (Lipinski definition) is 4. The van der Waals surface area contributed by atoms with Crippen molar-refractivity contribution in [2.24, 2.45) is 0 Å². The summed E-state index contributed by atoms with van der Waals surface area (Å²) < 4.78 is 11.1. The van der Waals surface area contributed by atoms with Crippen molar-refractivity contribution < 1.29 is 24.2 Å². The van der Waals surface area contributed by atoms with Crippen molar-refractivity contribution in [3.63, 3.8) is 0 Å². The Morgan fingerprint density at radius 2 is 1.71 bits per heavy atom. The zero-order chi connectivity index (χ0) is 21.6. The largest absolute Gasteiger partial charge is 0.486 e. The van der Waals surface area contributed by atoms with Crippen molar-refractivity contribution in [2.45, 2.75) is 25.0 Å². The molecule has 3 aromatic rings. The number of carbonyl (C=O) groups is 2. The molecule has 2 atom stereocenters. The lowest BCUT2D eigenvalue weighted by atomic mass is 10.0. The second kappa shape index (κ2) is 9.34. The van der Waals surface area contributed by atoms with Gasteiger partial charge in [-0.05, 0) is 34.4 Å². The third-order valence-corrected chi connectivity index (χ3v) is 5.18. The average Bonchev–Trinajstić information content (AvgIpc) is 3.21. The third kappa shape index (κ3) is 5.22. The van der Waals surface area contributed by atoms with Gasteiger partial charge in [-0.2, -0.15) is 0 Å². The summed E-state index contributed by atoms with van der Waals surface area (Å²) in [5.74, 6) is -0.333. The molecule has 0 radical (unpaired) electrons. The first-order valence-electron chi connectivity index (χ1n) is 10.1. The van der Waals surface area contributed by atoms with E-state index in [4.69, 9.17) is 9.47 Å². The number of amides is 1. The maximum absolute atomic E-state index is 12.2. The van der Waals surface area contributed by atoms with E-state index in [1.54, 1.807) is 0 Å². The van der Waals surface area contributed by atoms with Crippen LogP contribution in [0.2, 0.25) is 0 Å². The van der Waals surface area contributed by atoms with E-state index in [9.17, 15) is 14.7 Å². The molecule has 1 aliphatic heterocycles. The smallest absolute Gasteiger partial charge is 0.407 e. The molecule has 6 nitrogen and oxygen atoms in total. The molecule has 1 aliphatic rings. The third-order valence-electron chi connectivity index (χ3n) is 5.18. The lowest BCUT2D eigenvalue weighted by Crippen LogP contribution is -2.43. The second-order valence-corrected chi connectivity index (χ2v) is 7.46. The molecule has 31 heavy (non-hydrogen) atoms. The van der Waals surface area contributed by atoms with Crippen molar-refractivity contribution in [3.05, 3.63) is 90.0 Å². The molecule has 6 heteroatoms. The molecule has 0 saturated carbocycles. The lowest BCUT2D eigenvalue weighted by molar-refractivity contribution is -0.139. The zero-order valence-corrected chi connectivity index (χ0v) is 16.9. The van der Waals surface area contributed by atoms with E-state index in [1.165, 1.54) is 0 Å². The summed E-state index contributed by atoms with van der Waals surface area (Å²) in [7, 11) is 0. The van der Waals surface area contributed by atoms with Gasteiger partial charge in [0, 0.05) is 12.8 Å². The van der Waals surface area contributed by atoms with Crippen LogP contribution in [-0.4, -0.2) is 35.9 Å². The van der Waals surface area contributed by atoms with E-state index < -0.39 is 18.1 Å². The van der Waals surface area contributed by atoms with E-state index in [-0.39, 0.29) is 19.1 Å². The summed E-state index contributed by atoms with van der Waals surface area (Å²) in [6, 6.07) is 24.2.